The van der Waals surface area contributed by atoms with Crippen molar-refractivity contribution >= 4 is 39.9 Å². The van der Waals surface area contributed by atoms with Crippen LogP contribution in [0, 0.1) is 0 Å². The van der Waals surface area contributed by atoms with Crippen molar-refractivity contribution in [2.75, 3.05) is 11.5 Å². The molecule has 0 aliphatic heterocycles. The number of aryl methyl sites for hydroxylation is 1. The highest BCUT2D eigenvalue weighted by Gasteiger charge is 2.20. The summed E-state index contributed by atoms with van der Waals surface area (Å²) in [7, 11) is 1.96. The van der Waals surface area contributed by atoms with Gasteiger partial charge in [0.25, 0.3) is 0 Å². The fourth-order valence-corrected chi connectivity index (χ4v) is 3.39. The summed E-state index contributed by atoms with van der Waals surface area (Å²) in [4.78, 5) is 16.6. The summed E-state index contributed by atoms with van der Waals surface area (Å²) >= 11 is 0. The fraction of sp³-hybridized carbons (Fsp3) is 0.130. The molecule has 0 saturated carbocycles. The number of carbonyl (C=O) groups excluding carboxylic acids is 1. The van der Waals surface area contributed by atoms with Crippen molar-refractivity contribution in [2.45, 2.75) is 12.5 Å². The van der Waals surface area contributed by atoms with Crippen LogP contribution in [0.4, 0.5) is 23.0 Å². The molecule has 4 rings (SSSR count). The SMILES string of the molecule is Cn1cc(C[C@H](N)C(=O)Oc2ccccc2N=Nc2ccc(N)nc2N)c2ccccc21. The van der Waals surface area contributed by atoms with Crippen LogP contribution in [-0.2, 0) is 18.3 Å². The van der Waals surface area contributed by atoms with E-state index in [0.717, 1.165) is 16.5 Å². The van der Waals surface area contributed by atoms with Gasteiger partial charge in [0.15, 0.2) is 11.6 Å². The molecule has 32 heavy (non-hydrogen) atoms. The second kappa shape index (κ2) is 8.86. The van der Waals surface area contributed by atoms with Crippen LogP contribution >= 0.6 is 0 Å². The average molecular weight is 429 g/mol. The number of nitrogens with zero attached hydrogens (tertiary/aromatic N) is 4. The van der Waals surface area contributed by atoms with Crippen molar-refractivity contribution in [3.63, 3.8) is 0 Å². The number of ether oxygens (including phenoxy) is 1. The Morgan fingerprint density at radius 3 is 2.56 bits per heavy atom. The number of pyridine rings is 1. The molecule has 0 fully saturated rings. The van der Waals surface area contributed by atoms with Gasteiger partial charge >= 0.3 is 5.97 Å². The molecule has 2 heterocycles. The van der Waals surface area contributed by atoms with Gasteiger partial charge in [-0.25, -0.2) is 9.78 Å². The third-order valence-corrected chi connectivity index (χ3v) is 4.99. The van der Waals surface area contributed by atoms with Crippen molar-refractivity contribution in [1.29, 1.82) is 0 Å². The largest absolute Gasteiger partial charge is 0.423 e. The predicted molar refractivity (Wildman–Crippen MR) is 124 cm³/mol. The molecule has 2 aromatic carbocycles. The lowest BCUT2D eigenvalue weighted by atomic mass is 10.1. The van der Waals surface area contributed by atoms with Gasteiger partial charge in [-0.2, -0.15) is 0 Å². The number of rotatable bonds is 6. The summed E-state index contributed by atoms with van der Waals surface area (Å²) < 4.78 is 7.55. The van der Waals surface area contributed by atoms with E-state index >= 15 is 0 Å². The van der Waals surface area contributed by atoms with Crippen molar-refractivity contribution in [3.8, 4) is 5.75 Å². The Morgan fingerprint density at radius 2 is 1.75 bits per heavy atom. The van der Waals surface area contributed by atoms with E-state index < -0.39 is 12.0 Å². The van der Waals surface area contributed by atoms with E-state index in [2.05, 4.69) is 15.2 Å². The van der Waals surface area contributed by atoms with Crippen molar-refractivity contribution in [2.24, 2.45) is 23.0 Å². The number of nitrogens with two attached hydrogens (primary N) is 3. The van der Waals surface area contributed by atoms with Crippen molar-refractivity contribution < 1.29 is 9.53 Å². The summed E-state index contributed by atoms with van der Waals surface area (Å²) in [5.74, 6) is 0.127. The molecule has 2 aromatic heterocycles. The topological polar surface area (TPSA) is 147 Å². The van der Waals surface area contributed by atoms with Gasteiger partial charge in [0.05, 0.1) is 0 Å². The molecule has 1 atom stereocenters. The number of para-hydroxylation sites is 2. The van der Waals surface area contributed by atoms with E-state index in [-0.39, 0.29) is 17.4 Å². The number of aromatic nitrogens is 2. The van der Waals surface area contributed by atoms with Crippen LogP contribution in [0.25, 0.3) is 10.9 Å². The number of nitrogen functional groups attached to an aromatic ring is 2. The van der Waals surface area contributed by atoms with E-state index in [0.29, 0.717) is 17.8 Å². The second-order valence-corrected chi connectivity index (χ2v) is 7.32. The van der Waals surface area contributed by atoms with Crippen LogP contribution in [-0.4, -0.2) is 21.6 Å². The normalized spacial score (nSPS) is 12.3. The van der Waals surface area contributed by atoms with Gasteiger partial charge in [0, 0.05) is 30.6 Å². The monoisotopic (exact) mass is 429 g/mol. The Morgan fingerprint density at radius 1 is 1.03 bits per heavy atom. The molecule has 162 valence electrons. The number of hydrogen-bond acceptors (Lipinski definition) is 8. The van der Waals surface area contributed by atoms with Gasteiger partial charge in [-0.05, 0) is 35.9 Å². The Hall–Kier alpha value is -4.24. The molecular formula is C23H23N7O2. The van der Waals surface area contributed by atoms with E-state index in [1.807, 2.05) is 42.1 Å². The highest BCUT2D eigenvalue weighted by atomic mass is 16.5. The van der Waals surface area contributed by atoms with Gasteiger partial charge in [0.1, 0.15) is 23.2 Å². The maximum Gasteiger partial charge on any atom is 0.328 e. The van der Waals surface area contributed by atoms with Crippen LogP contribution in [0.15, 0.2) is 77.1 Å². The minimum atomic E-state index is -0.845. The lowest BCUT2D eigenvalue weighted by molar-refractivity contribution is -0.135. The van der Waals surface area contributed by atoms with E-state index in [9.17, 15) is 4.79 Å². The number of azo groups is 1. The predicted octanol–water partition coefficient (Wildman–Crippen LogP) is 3.63. The third-order valence-electron chi connectivity index (χ3n) is 4.99. The van der Waals surface area contributed by atoms with E-state index in [1.54, 1.807) is 36.4 Å². The molecule has 0 amide bonds. The maximum atomic E-state index is 12.7. The lowest BCUT2D eigenvalue weighted by Gasteiger charge is -2.12. The molecular weight excluding hydrogens is 406 g/mol. The smallest absolute Gasteiger partial charge is 0.328 e. The molecule has 4 aromatic rings. The standard InChI is InChI=1S/C23H23N7O2/c1-30-13-14(15-6-2-4-8-19(15)30)12-16(24)23(31)32-20-9-5-3-7-17(20)28-29-18-10-11-21(25)27-22(18)26/h2-11,13,16H,12,24H2,1H3,(H4,25,26,27)/t16-/m0/s1. The number of fused-ring (bicyclic) bond motifs is 1. The van der Waals surface area contributed by atoms with Crippen LogP contribution < -0.4 is 21.9 Å². The first-order chi connectivity index (χ1) is 15.4. The number of anilines is 2. The highest BCUT2D eigenvalue weighted by Crippen LogP contribution is 2.31. The zero-order valence-electron chi connectivity index (χ0n) is 17.5. The summed E-state index contributed by atoms with van der Waals surface area (Å²) in [5.41, 5.74) is 20.3. The summed E-state index contributed by atoms with van der Waals surface area (Å²) in [5, 5.41) is 9.30. The molecule has 6 N–H and O–H groups in total. The third kappa shape index (κ3) is 4.42. The highest BCUT2D eigenvalue weighted by molar-refractivity contribution is 5.86. The summed E-state index contributed by atoms with van der Waals surface area (Å²) in [6.07, 6.45) is 2.32. The van der Waals surface area contributed by atoms with Crippen LogP contribution in [0.1, 0.15) is 5.56 Å². The van der Waals surface area contributed by atoms with Crippen LogP contribution in [0.3, 0.4) is 0 Å². The van der Waals surface area contributed by atoms with Crippen LogP contribution in [0.5, 0.6) is 5.75 Å². The molecule has 0 bridgehead atoms. The van der Waals surface area contributed by atoms with E-state index in [4.69, 9.17) is 21.9 Å². The fourth-order valence-electron chi connectivity index (χ4n) is 3.39. The Labute approximate surface area is 184 Å². The zero-order valence-corrected chi connectivity index (χ0v) is 17.5. The minimum absolute atomic E-state index is 0.153. The van der Waals surface area contributed by atoms with Gasteiger partial charge in [-0.3, -0.25) is 0 Å². The number of hydrogen-bond donors (Lipinski definition) is 3. The Bertz CT molecular complexity index is 1310. The minimum Gasteiger partial charge on any atom is -0.423 e. The van der Waals surface area contributed by atoms with Crippen molar-refractivity contribution in [1.82, 2.24) is 9.55 Å². The Balaban J connectivity index is 1.50. The van der Waals surface area contributed by atoms with Gasteiger partial charge in [-0.1, -0.05) is 30.3 Å². The molecule has 0 aliphatic rings. The number of carbonyl (C=O) groups is 1. The molecule has 0 radical (unpaired) electrons. The first-order valence-corrected chi connectivity index (χ1v) is 9.95. The first kappa shape index (κ1) is 21.0. The number of esters is 1. The first-order valence-electron chi connectivity index (χ1n) is 9.95. The lowest BCUT2D eigenvalue weighted by Crippen LogP contribution is -2.36. The van der Waals surface area contributed by atoms with Crippen LogP contribution in [0.2, 0.25) is 0 Å². The Kier molecular flexibility index (Phi) is 5.82. The molecule has 9 heteroatoms. The molecule has 0 unspecified atom stereocenters. The second-order valence-electron chi connectivity index (χ2n) is 7.32. The average Bonchev–Trinajstić information content (AvgIpc) is 3.09. The van der Waals surface area contributed by atoms with E-state index in [1.165, 1.54) is 0 Å². The molecule has 0 aliphatic carbocycles. The van der Waals surface area contributed by atoms with Gasteiger partial charge in [-0.15, -0.1) is 10.2 Å². The van der Waals surface area contributed by atoms with Gasteiger partial charge in [0.2, 0.25) is 0 Å². The molecule has 9 nitrogen and oxygen atoms in total. The van der Waals surface area contributed by atoms with Gasteiger partial charge < -0.3 is 26.5 Å². The maximum absolute atomic E-state index is 12.7. The zero-order chi connectivity index (χ0) is 22.7. The molecule has 0 spiro atoms. The number of benzene rings is 2. The quantitative estimate of drug-likeness (QED) is 0.242. The van der Waals surface area contributed by atoms with Crippen molar-refractivity contribution in [3.05, 3.63) is 72.4 Å². The summed E-state index contributed by atoms with van der Waals surface area (Å²) in [6.45, 7) is 0. The summed E-state index contributed by atoms with van der Waals surface area (Å²) in [6, 6.07) is 17.1. The molecule has 0 saturated heterocycles.